The monoisotopic (exact) mass is 271 g/mol. The van der Waals surface area contributed by atoms with E-state index in [-0.39, 0.29) is 23.8 Å². The van der Waals surface area contributed by atoms with Gasteiger partial charge in [0.2, 0.25) is 11.8 Å². The second kappa shape index (κ2) is 7.48. The first-order chi connectivity index (χ1) is 8.70. The van der Waals surface area contributed by atoms with E-state index in [1.165, 1.54) is 0 Å². The zero-order valence-corrected chi connectivity index (χ0v) is 12.9. The third kappa shape index (κ3) is 6.05. The van der Waals surface area contributed by atoms with Crippen LogP contribution in [-0.4, -0.2) is 30.4 Å². The third-order valence-corrected chi connectivity index (χ3v) is 3.38. The summed E-state index contributed by atoms with van der Waals surface area (Å²) >= 11 is 0. The number of carbonyl (C=O) groups is 2. The molecular weight excluding hydrogens is 242 g/mol. The molecule has 0 radical (unpaired) electrons. The number of carbonyl (C=O) groups excluding carboxylic acids is 2. The van der Waals surface area contributed by atoms with Gasteiger partial charge >= 0.3 is 0 Å². The molecule has 0 aliphatic heterocycles. The third-order valence-electron chi connectivity index (χ3n) is 3.38. The zero-order chi connectivity index (χ0) is 15.1. The highest BCUT2D eigenvalue weighted by molar-refractivity contribution is 5.83. The van der Waals surface area contributed by atoms with Crippen LogP contribution in [0.1, 0.15) is 53.9 Å². The summed E-state index contributed by atoms with van der Waals surface area (Å²) in [6.07, 6.45) is 1.71. The number of hydrogen-bond acceptors (Lipinski definition) is 3. The summed E-state index contributed by atoms with van der Waals surface area (Å²) in [6.45, 7) is 10.4. The van der Waals surface area contributed by atoms with Crippen molar-refractivity contribution in [2.75, 3.05) is 13.1 Å². The molecule has 0 saturated heterocycles. The number of rotatable bonds is 7. The van der Waals surface area contributed by atoms with Crippen molar-refractivity contribution >= 4 is 11.8 Å². The number of amides is 2. The van der Waals surface area contributed by atoms with Gasteiger partial charge in [0.1, 0.15) is 0 Å². The summed E-state index contributed by atoms with van der Waals surface area (Å²) in [5, 5.41) is 5.67. The van der Waals surface area contributed by atoms with Gasteiger partial charge < -0.3 is 16.4 Å². The lowest BCUT2D eigenvalue weighted by Gasteiger charge is -2.28. The van der Waals surface area contributed by atoms with E-state index in [4.69, 9.17) is 5.73 Å². The van der Waals surface area contributed by atoms with Crippen LogP contribution in [0.5, 0.6) is 0 Å². The molecule has 0 atom stereocenters. The average Bonchev–Trinajstić information content (AvgIpc) is 2.29. The molecule has 5 nitrogen and oxygen atoms in total. The van der Waals surface area contributed by atoms with Crippen molar-refractivity contribution in [3.05, 3.63) is 0 Å². The van der Waals surface area contributed by atoms with Gasteiger partial charge in [0, 0.05) is 25.0 Å². The summed E-state index contributed by atoms with van der Waals surface area (Å²) in [7, 11) is 0. The lowest BCUT2D eigenvalue weighted by molar-refractivity contribution is -0.131. The Morgan fingerprint density at radius 3 is 2.00 bits per heavy atom. The molecule has 0 saturated carbocycles. The number of nitrogens with two attached hydrogens (primary N) is 1. The summed E-state index contributed by atoms with van der Waals surface area (Å²) in [5.74, 6) is -0.109. The van der Waals surface area contributed by atoms with E-state index in [2.05, 4.69) is 10.6 Å². The van der Waals surface area contributed by atoms with Crippen molar-refractivity contribution < 1.29 is 9.59 Å². The number of nitrogens with one attached hydrogen (secondary N) is 2. The molecule has 0 aliphatic carbocycles. The van der Waals surface area contributed by atoms with E-state index in [1.807, 2.05) is 34.6 Å². The van der Waals surface area contributed by atoms with Gasteiger partial charge in [0.05, 0.1) is 5.41 Å². The summed E-state index contributed by atoms with van der Waals surface area (Å²) in [4.78, 5) is 23.7. The second-order valence-corrected chi connectivity index (χ2v) is 6.00. The van der Waals surface area contributed by atoms with Crippen molar-refractivity contribution in [3.63, 3.8) is 0 Å². The predicted molar refractivity (Wildman–Crippen MR) is 77.6 cm³/mol. The largest absolute Gasteiger partial charge is 0.355 e. The molecule has 112 valence electrons. The quantitative estimate of drug-likeness (QED) is 0.650. The summed E-state index contributed by atoms with van der Waals surface area (Å²) < 4.78 is 0. The standard InChI is InChI=1S/C14H29N3O2/c1-6-14(7-2,10-15)12(19)16-9-8-11(18)17-13(3,4)5/h6-10,15H2,1-5H3,(H,16,19)(H,17,18). The van der Waals surface area contributed by atoms with Crippen molar-refractivity contribution in [2.45, 2.75) is 59.4 Å². The maximum atomic E-state index is 12.1. The van der Waals surface area contributed by atoms with Crippen LogP contribution in [0.15, 0.2) is 0 Å². The Bertz CT molecular complexity index is 296. The van der Waals surface area contributed by atoms with E-state index in [0.29, 0.717) is 25.9 Å². The van der Waals surface area contributed by atoms with Crippen LogP contribution < -0.4 is 16.4 Å². The van der Waals surface area contributed by atoms with Crippen molar-refractivity contribution in [2.24, 2.45) is 11.1 Å². The van der Waals surface area contributed by atoms with Gasteiger partial charge in [-0.2, -0.15) is 0 Å². The van der Waals surface area contributed by atoms with Gasteiger partial charge in [-0.1, -0.05) is 13.8 Å². The van der Waals surface area contributed by atoms with Crippen LogP contribution in [0, 0.1) is 5.41 Å². The van der Waals surface area contributed by atoms with Crippen LogP contribution in [0.25, 0.3) is 0 Å². The first kappa shape index (κ1) is 17.9. The fraction of sp³-hybridized carbons (Fsp3) is 0.857. The van der Waals surface area contributed by atoms with E-state index in [0.717, 1.165) is 0 Å². The van der Waals surface area contributed by atoms with Crippen LogP contribution in [0.2, 0.25) is 0 Å². The van der Waals surface area contributed by atoms with Crippen LogP contribution in [0.3, 0.4) is 0 Å². The highest BCUT2D eigenvalue weighted by Gasteiger charge is 2.32. The predicted octanol–water partition coefficient (Wildman–Crippen LogP) is 1.17. The molecule has 0 heterocycles. The van der Waals surface area contributed by atoms with Crippen molar-refractivity contribution in [3.8, 4) is 0 Å². The topological polar surface area (TPSA) is 84.2 Å². The van der Waals surface area contributed by atoms with E-state index >= 15 is 0 Å². The lowest BCUT2D eigenvalue weighted by atomic mass is 9.81. The lowest BCUT2D eigenvalue weighted by Crippen LogP contribution is -2.47. The molecule has 0 rings (SSSR count). The van der Waals surface area contributed by atoms with Crippen molar-refractivity contribution in [1.29, 1.82) is 0 Å². The van der Waals surface area contributed by atoms with E-state index < -0.39 is 5.41 Å². The second-order valence-electron chi connectivity index (χ2n) is 6.00. The highest BCUT2D eigenvalue weighted by Crippen LogP contribution is 2.24. The van der Waals surface area contributed by atoms with Gasteiger partial charge in [0.25, 0.3) is 0 Å². The minimum absolute atomic E-state index is 0.0523. The van der Waals surface area contributed by atoms with E-state index in [9.17, 15) is 9.59 Å². The fourth-order valence-corrected chi connectivity index (χ4v) is 1.91. The SMILES string of the molecule is CCC(CC)(CN)C(=O)NCCC(=O)NC(C)(C)C. The highest BCUT2D eigenvalue weighted by atomic mass is 16.2. The van der Waals surface area contributed by atoms with Crippen LogP contribution >= 0.6 is 0 Å². The zero-order valence-electron chi connectivity index (χ0n) is 12.9. The molecule has 0 aromatic carbocycles. The molecular formula is C14H29N3O2. The first-order valence-corrected chi connectivity index (χ1v) is 7.00. The molecule has 0 bridgehead atoms. The normalized spacial score (nSPS) is 12.1. The Balaban J connectivity index is 4.21. The Kier molecular flexibility index (Phi) is 7.05. The van der Waals surface area contributed by atoms with Crippen LogP contribution in [0.4, 0.5) is 0 Å². The number of hydrogen-bond donors (Lipinski definition) is 3. The van der Waals surface area contributed by atoms with Crippen molar-refractivity contribution in [1.82, 2.24) is 10.6 Å². The smallest absolute Gasteiger partial charge is 0.227 e. The Labute approximate surface area is 116 Å². The minimum Gasteiger partial charge on any atom is -0.355 e. The molecule has 4 N–H and O–H groups in total. The molecule has 0 spiro atoms. The summed E-state index contributed by atoms with van der Waals surface area (Å²) in [5.41, 5.74) is 4.96. The van der Waals surface area contributed by atoms with Gasteiger partial charge in [-0.3, -0.25) is 9.59 Å². The maximum absolute atomic E-state index is 12.1. The molecule has 0 aromatic rings. The molecule has 0 aliphatic rings. The Morgan fingerprint density at radius 2 is 1.63 bits per heavy atom. The van der Waals surface area contributed by atoms with Crippen LogP contribution in [-0.2, 0) is 9.59 Å². The van der Waals surface area contributed by atoms with Gasteiger partial charge in [-0.15, -0.1) is 0 Å². The van der Waals surface area contributed by atoms with E-state index in [1.54, 1.807) is 0 Å². The van der Waals surface area contributed by atoms with Gasteiger partial charge in [-0.05, 0) is 33.6 Å². The molecule has 0 fully saturated rings. The first-order valence-electron chi connectivity index (χ1n) is 7.00. The molecule has 2 amide bonds. The van der Waals surface area contributed by atoms with Gasteiger partial charge in [0.15, 0.2) is 0 Å². The summed E-state index contributed by atoms with van der Waals surface area (Å²) in [6, 6.07) is 0. The molecule has 0 unspecified atom stereocenters. The molecule has 0 aromatic heterocycles. The minimum atomic E-state index is -0.500. The Hall–Kier alpha value is -1.10. The van der Waals surface area contributed by atoms with Gasteiger partial charge in [-0.25, -0.2) is 0 Å². The average molecular weight is 271 g/mol. The maximum Gasteiger partial charge on any atom is 0.227 e. The molecule has 19 heavy (non-hydrogen) atoms. The Morgan fingerprint density at radius 1 is 1.11 bits per heavy atom. The fourth-order valence-electron chi connectivity index (χ4n) is 1.91. The molecule has 5 heteroatoms.